The summed E-state index contributed by atoms with van der Waals surface area (Å²) >= 11 is 11.8. The molecule has 0 spiro atoms. The van der Waals surface area contributed by atoms with E-state index in [4.69, 9.17) is 27.9 Å². The molecule has 1 aromatic carbocycles. The molecule has 0 bridgehead atoms. The van der Waals surface area contributed by atoms with E-state index in [9.17, 15) is 0 Å². The molecule has 13 heavy (non-hydrogen) atoms. The minimum absolute atomic E-state index is 0.507. The highest BCUT2D eigenvalue weighted by Crippen LogP contribution is 2.34. The summed E-state index contributed by atoms with van der Waals surface area (Å²) in [7, 11) is 0. The Hall–Kier alpha value is -0.400. The smallest absolute Gasteiger partial charge is 0.141 e. The maximum atomic E-state index is 6.04. The summed E-state index contributed by atoms with van der Waals surface area (Å²) in [4.78, 5) is 0. The molecule has 1 heterocycles. The average Bonchev–Trinajstić information content (AvgIpc) is 2.18. The summed E-state index contributed by atoms with van der Waals surface area (Å²) in [5.41, 5.74) is 2.25. The number of aryl methyl sites for hydroxylation is 1. The third-order valence-electron chi connectivity index (χ3n) is 2.17. The lowest BCUT2D eigenvalue weighted by Crippen LogP contribution is -2.09. The zero-order valence-corrected chi connectivity index (χ0v) is 8.66. The number of ether oxygens (including phenoxy) is 1. The van der Waals surface area contributed by atoms with Crippen molar-refractivity contribution in [2.45, 2.75) is 18.7 Å². The van der Waals surface area contributed by atoms with Crippen molar-refractivity contribution in [3.8, 4) is 5.75 Å². The van der Waals surface area contributed by atoms with Crippen LogP contribution in [0.2, 0.25) is 5.02 Å². The van der Waals surface area contributed by atoms with Crippen molar-refractivity contribution in [1.82, 2.24) is 0 Å². The first-order chi connectivity index (χ1) is 6.31. The highest BCUT2D eigenvalue weighted by Gasteiger charge is 2.14. The van der Waals surface area contributed by atoms with Gasteiger partial charge in [-0.1, -0.05) is 17.7 Å². The number of hydrogen-bond acceptors (Lipinski definition) is 1. The van der Waals surface area contributed by atoms with Crippen molar-refractivity contribution in [1.29, 1.82) is 0 Å². The molecule has 1 aliphatic rings. The molecule has 0 fully saturated rings. The van der Waals surface area contributed by atoms with Gasteiger partial charge in [-0.25, -0.2) is 0 Å². The van der Waals surface area contributed by atoms with Crippen LogP contribution in [0.4, 0.5) is 0 Å². The van der Waals surface area contributed by atoms with E-state index >= 15 is 0 Å². The Morgan fingerprint density at radius 3 is 3.00 bits per heavy atom. The molecule has 0 atom stereocenters. The maximum absolute atomic E-state index is 6.04. The largest absolute Gasteiger partial charge is 0.492 e. The summed E-state index contributed by atoms with van der Waals surface area (Å²) in [5.74, 6) is 1.36. The number of hydrogen-bond donors (Lipinski definition) is 0. The fraction of sp³-hybridized carbons (Fsp3) is 0.400. The predicted molar refractivity (Wildman–Crippen MR) is 54.8 cm³/mol. The standard InChI is InChI=1S/C10H10Cl2O/c11-6-7-4-8-2-1-3-13-10(8)9(12)5-7/h4-5H,1-3,6H2. The number of halogens is 2. The highest BCUT2D eigenvalue weighted by atomic mass is 35.5. The summed E-state index contributed by atoms with van der Waals surface area (Å²) in [6.07, 6.45) is 2.11. The van der Waals surface area contributed by atoms with Crippen molar-refractivity contribution < 1.29 is 4.74 Å². The van der Waals surface area contributed by atoms with Crippen molar-refractivity contribution in [2.24, 2.45) is 0 Å². The molecule has 0 saturated heterocycles. The molecular weight excluding hydrogens is 207 g/mol. The second-order valence-electron chi connectivity index (χ2n) is 3.15. The van der Waals surface area contributed by atoms with E-state index in [1.54, 1.807) is 0 Å². The number of alkyl halides is 1. The van der Waals surface area contributed by atoms with E-state index in [0.717, 1.165) is 30.8 Å². The first-order valence-corrected chi connectivity index (χ1v) is 5.22. The van der Waals surface area contributed by atoms with E-state index in [2.05, 4.69) is 6.07 Å². The lowest BCUT2D eigenvalue weighted by molar-refractivity contribution is 0.288. The van der Waals surface area contributed by atoms with E-state index in [0.29, 0.717) is 10.9 Å². The quantitative estimate of drug-likeness (QED) is 0.655. The third kappa shape index (κ3) is 1.77. The summed E-state index contributed by atoms with van der Waals surface area (Å²) in [6, 6.07) is 3.95. The minimum atomic E-state index is 0.507. The number of rotatable bonds is 1. The van der Waals surface area contributed by atoms with Gasteiger partial charge in [-0.05, 0) is 30.0 Å². The first kappa shape index (κ1) is 9.17. The maximum Gasteiger partial charge on any atom is 0.141 e. The van der Waals surface area contributed by atoms with Crippen LogP contribution in [0.25, 0.3) is 0 Å². The normalized spacial score (nSPS) is 14.9. The Morgan fingerprint density at radius 2 is 2.23 bits per heavy atom. The Bertz CT molecular complexity index is 323. The van der Waals surface area contributed by atoms with Gasteiger partial charge in [0.25, 0.3) is 0 Å². The van der Waals surface area contributed by atoms with Crippen molar-refractivity contribution >= 4 is 23.2 Å². The van der Waals surface area contributed by atoms with Crippen LogP contribution >= 0.6 is 23.2 Å². The lowest BCUT2D eigenvalue weighted by atomic mass is 10.0. The lowest BCUT2D eigenvalue weighted by Gasteiger charge is -2.19. The predicted octanol–water partition coefficient (Wildman–Crippen LogP) is 3.40. The summed E-state index contributed by atoms with van der Waals surface area (Å²) in [6.45, 7) is 0.771. The van der Waals surface area contributed by atoms with Gasteiger partial charge in [0.05, 0.1) is 11.6 Å². The molecule has 2 rings (SSSR count). The van der Waals surface area contributed by atoms with Gasteiger partial charge in [0.2, 0.25) is 0 Å². The van der Waals surface area contributed by atoms with E-state index < -0.39 is 0 Å². The molecule has 0 radical (unpaired) electrons. The SMILES string of the molecule is ClCc1cc(Cl)c2c(c1)CCCO2. The van der Waals surface area contributed by atoms with Crippen LogP contribution in [-0.2, 0) is 12.3 Å². The van der Waals surface area contributed by atoms with Gasteiger partial charge in [0, 0.05) is 5.88 Å². The second kappa shape index (κ2) is 3.77. The zero-order valence-electron chi connectivity index (χ0n) is 7.15. The molecule has 0 unspecified atom stereocenters. The molecular formula is C10H10Cl2O. The van der Waals surface area contributed by atoms with Gasteiger partial charge >= 0.3 is 0 Å². The Balaban J connectivity index is 2.47. The van der Waals surface area contributed by atoms with Crippen molar-refractivity contribution in [2.75, 3.05) is 6.61 Å². The molecule has 0 aliphatic carbocycles. The summed E-state index contributed by atoms with van der Waals surface area (Å²) < 4.78 is 5.48. The first-order valence-electron chi connectivity index (χ1n) is 4.31. The molecule has 3 heteroatoms. The van der Waals surface area contributed by atoms with Gasteiger partial charge < -0.3 is 4.74 Å². The summed E-state index contributed by atoms with van der Waals surface area (Å²) in [5, 5.41) is 0.688. The Labute approximate surface area is 87.6 Å². The number of benzene rings is 1. The Kier molecular flexibility index (Phi) is 2.66. The molecule has 1 aliphatic heterocycles. The third-order valence-corrected chi connectivity index (χ3v) is 2.76. The fourth-order valence-corrected chi connectivity index (χ4v) is 2.04. The van der Waals surface area contributed by atoms with Gasteiger partial charge in [-0.3, -0.25) is 0 Å². The molecule has 1 aromatic rings. The van der Waals surface area contributed by atoms with Crippen LogP contribution < -0.4 is 4.74 Å². The zero-order chi connectivity index (χ0) is 9.26. The molecule has 0 N–H and O–H groups in total. The fourth-order valence-electron chi connectivity index (χ4n) is 1.57. The minimum Gasteiger partial charge on any atom is -0.492 e. The van der Waals surface area contributed by atoms with Gasteiger partial charge in [0.1, 0.15) is 5.75 Å². The van der Waals surface area contributed by atoms with E-state index in [1.807, 2.05) is 6.07 Å². The molecule has 0 saturated carbocycles. The van der Waals surface area contributed by atoms with Crippen LogP contribution in [0.3, 0.4) is 0 Å². The van der Waals surface area contributed by atoms with E-state index in [-0.39, 0.29) is 0 Å². The van der Waals surface area contributed by atoms with Gasteiger partial charge in [0.15, 0.2) is 0 Å². The van der Waals surface area contributed by atoms with Crippen molar-refractivity contribution in [3.05, 3.63) is 28.3 Å². The van der Waals surface area contributed by atoms with Crippen molar-refractivity contribution in [3.63, 3.8) is 0 Å². The average molecular weight is 217 g/mol. The van der Waals surface area contributed by atoms with Crippen LogP contribution in [-0.4, -0.2) is 6.61 Å². The second-order valence-corrected chi connectivity index (χ2v) is 3.83. The van der Waals surface area contributed by atoms with E-state index in [1.165, 1.54) is 5.56 Å². The molecule has 0 amide bonds. The van der Waals surface area contributed by atoms with Crippen LogP contribution in [0.1, 0.15) is 17.5 Å². The molecule has 70 valence electrons. The number of fused-ring (bicyclic) bond motifs is 1. The highest BCUT2D eigenvalue weighted by molar-refractivity contribution is 6.32. The van der Waals surface area contributed by atoms with Gasteiger partial charge in [-0.2, -0.15) is 0 Å². The van der Waals surface area contributed by atoms with Crippen LogP contribution in [0.15, 0.2) is 12.1 Å². The monoisotopic (exact) mass is 216 g/mol. The molecule has 1 nitrogen and oxygen atoms in total. The van der Waals surface area contributed by atoms with Crippen LogP contribution in [0, 0.1) is 0 Å². The molecule has 0 aromatic heterocycles. The Morgan fingerprint density at radius 1 is 1.38 bits per heavy atom. The topological polar surface area (TPSA) is 9.23 Å². The van der Waals surface area contributed by atoms with Crippen LogP contribution in [0.5, 0.6) is 5.75 Å². The van der Waals surface area contributed by atoms with Gasteiger partial charge in [-0.15, -0.1) is 11.6 Å².